The second kappa shape index (κ2) is 9.30. The Morgan fingerprint density at radius 1 is 1.06 bits per heavy atom. The Balaban J connectivity index is 1.56. The third kappa shape index (κ3) is 5.47. The van der Waals surface area contributed by atoms with Crippen LogP contribution in [0.5, 0.6) is 0 Å². The van der Waals surface area contributed by atoms with Crippen molar-refractivity contribution in [3.05, 3.63) is 36.4 Å². The van der Waals surface area contributed by atoms with Gasteiger partial charge >= 0.3 is 6.09 Å². The van der Waals surface area contributed by atoms with Gasteiger partial charge in [-0.3, -0.25) is 13.7 Å². The van der Waals surface area contributed by atoms with Gasteiger partial charge in [0.15, 0.2) is 0 Å². The third-order valence-corrected chi connectivity index (χ3v) is 6.79. The highest BCUT2D eigenvalue weighted by Crippen LogP contribution is 2.37. The molecule has 0 spiro atoms. The summed E-state index contributed by atoms with van der Waals surface area (Å²) >= 11 is -2.25. The van der Waals surface area contributed by atoms with Gasteiger partial charge in [0.25, 0.3) is 11.3 Å². The van der Waals surface area contributed by atoms with Crippen LogP contribution in [-0.2, 0) is 20.8 Å². The minimum Gasteiger partial charge on any atom is -0.444 e. The van der Waals surface area contributed by atoms with Crippen LogP contribution < -0.4 is 9.62 Å². The van der Waals surface area contributed by atoms with Crippen molar-refractivity contribution in [3.8, 4) is 0 Å². The zero-order valence-electron chi connectivity index (χ0n) is 19.2. The summed E-state index contributed by atoms with van der Waals surface area (Å²) in [7, 11) is 0. The van der Waals surface area contributed by atoms with Crippen molar-refractivity contribution in [2.24, 2.45) is 5.92 Å². The Hall–Kier alpha value is -2.65. The first-order chi connectivity index (χ1) is 15.6. The highest BCUT2D eigenvalue weighted by Gasteiger charge is 2.33. The van der Waals surface area contributed by atoms with Gasteiger partial charge in [-0.15, -0.1) is 0 Å². The highest BCUT2D eigenvalue weighted by atomic mass is 32.2. The fourth-order valence-corrected chi connectivity index (χ4v) is 4.98. The van der Waals surface area contributed by atoms with Gasteiger partial charge in [-0.05, 0) is 58.6 Å². The second-order valence-electron chi connectivity index (χ2n) is 9.70. The Labute approximate surface area is 196 Å². The molecule has 1 atom stereocenters. The van der Waals surface area contributed by atoms with Crippen molar-refractivity contribution >= 4 is 45.4 Å². The summed E-state index contributed by atoms with van der Waals surface area (Å²) in [6.07, 6.45) is 2.56. The number of ether oxygens (including phenoxy) is 1. The molecule has 0 bridgehead atoms. The van der Waals surface area contributed by atoms with Crippen molar-refractivity contribution in [1.82, 2.24) is 4.90 Å². The molecule has 1 unspecified atom stereocenters. The molecule has 2 aromatic carbocycles. The summed E-state index contributed by atoms with van der Waals surface area (Å²) in [6.45, 7) is 6.38. The summed E-state index contributed by atoms with van der Waals surface area (Å²) in [5.41, 5.74) is 0.767. The third-order valence-electron chi connectivity index (χ3n) is 5.96. The number of fused-ring (bicyclic) bond motifs is 1. The molecule has 2 N–H and O–H groups in total. The molecule has 9 heteroatoms. The van der Waals surface area contributed by atoms with Gasteiger partial charge in [-0.25, -0.2) is 9.00 Å². The Kier molecular flexibility index (Phi) is 6.63. The average molecular weight is 474 g/mol. The molecule has 1 aliphatic heterocycles. The van der Waals surface area contributed by atoms with Gasteiger partial charge in [0, 0.05) is 41.5 Å². The maximum Gasteiger partial charge on any atom is 0.410 e. The SMILES string of the molecule is CC(C)(C)OC(=O)N1CCC(N(c2ccc(NC(=O)C3CC3)c3ccccc23)S(=O)O)CC1. The largest absolute Gasteiger partial charge is 0.444 e. The number of carbonyl (C=O) groups excluding carboxylic acids is 2. The monoisotopic (exact) mass is 473 g/mol. The molecule has 2 fully saturated rings. The predicted octanol–water partition coefficient (Wildman–Crippen LogP) is 4.53. The van der Waals surface area contributed by atoms with E-state index < -0.39 is 16.9 Å². The molecule has 1 aliphatic carbocycles. The van der Waals surface area contributed by atoms with Crippen LogP contribution in [0.15, 0.2) is 36.4 Å². The number of amides is 2. The summed E-state index contributed by atoms with van der Waals surface area (Å²) in [6, 6.07) is 10.9. The van der Waals surface area contributed by atoms with Crippen LogP contribution in [-0.4, -0.2) is 50.4 Å². The number of hydrogen-bond donors (Lipinski definition) is 2. The topological polar surface area (TPSA) is 99.2 Å². The molecule has 2 aliphatic rings. The van der Waals surface area contributed by atoms with E-state index in [1.165, 1.54) is 4.31 Å². The minimum atomic E-state index is -2.25. The molecule has 33 heavy (non-hydrogen) atoms. The number of carbonyl (C=O) groups is 2. The van der Waals surface area contributed by atoms with Gasteiger partial charge in [0.1, 0.15) is 5.60 Å². The lowest BCUT2D eigenvalue weighted by Gasteiger charge is -2.38. The molecule has 178 valence electrons. The Morgan fingerprint density at radius 2 is 1.70 bits per heavy atom. The molecular formula is C24H31N3O5S. The van der Waals surface area contributed by atoms with E-state index in [9.17, 15) is 18.4 Å². The molecule has 1 heterocycles. The average Bonchev–Trinajstić information content (AvgIpc) is 3.60. The van der Waals surface area contributed by atoms with Crippen molar-refractivity contribution in [2.45, 2.75) is 58.1 Å². The van der Waals surface area contributed by atoms with Gasteiger partial charge < -0.3 is 15.0 Å². The molecule has 4 rings (SSSR count). The van der Waals surface area contributed by atoms with Crippen molar-refractivity contribution in [2.75, 3.05) is 22.7 Å². The zero-order chi connectivity index (χ0) is 23.8. The number of benzene rings is 2. The van der Waals surface area contributed by atoms with E-state index in [4.69, 9.17) is 4.74 Å². The lowest BCUT2D eigenvalue weighted by molar-refractivity contribution is -0.117. The molecule has 2 amide bonds. The number of piperidine rings is 1. The van der Waals surface area contributed by atoms with Crippen molar-refractivity contribution < 1.29 is 23.1 Å². The fraction of sp³-hybridized carbons (Fsp3) is 0.500. The van der Waals surface area contributed by atoms with Crippen LogP contribution in [0.3, 0.4) is 0 Å². The maximum absolute atomic E-state index is 12.5. The summed E-state index contributed by atoms with van der Waals surface area (Å²) < 4.78 is 29.7. The van der Waals surface area contributed by atoms with Crippen LogP contribution in [0.2, 0.25) is 0 Å². The van der Waals surface area contributed by atoms with Crippen LogP contribution in [0.25, 0.3) is 10.8 Å². The molecule has 0 radical (unpaired) electrons. The molecule has 1 saturated heterocycles. The lowest BCUT2D eigenvalue weighted by Crippen LogP contribution is -2.48. The highest BCUT2D eigenvalue weighted by molar-refractivity contribution is 7.80. The minimum absolute atomic E-state index is 0.0185. The first-order valence-electron chi connectivity index (χ1n) is 11.3. The van der Waals surface area contributed by atoms with Crippen molar-refractivity contribution in [1.29, 1.82) is 0 Å². The predicted molar refractivity (Wildman–Crippen MR) is 129 cm³/mol. The van der Waals surface area contributed by atoms with E-state index in [1.807, 2.05) is 45.0 Å². The smallest absolute Gasteiger partial charge is 0.410 e. The van der Waals surface area contributed by atoms with Gasteiger partial charge in [0.05, 0.1) is 5.69 Å². The number of hydrogen-bond acceptors (Lipinski definition) is 4. The first kappa shape index (κ1) is 23.5. The van der Waals surface area contributed by atoms with Gasteiger partial charge in [-0.1, -0.05) is 24.3 Å². The van der Waals surface area contributed by atoms with Crippen LogP contribution in [0.1, 0.15) is 46.5 Å². The summed E-state index contributed by atoms with van der Waals surface area (Å²) in [4.78, 5) is 26.4. The van der Waals surface area contributed by atoms with Gasteiger partial charge in [-0.2, -0.15) is 0 Å². The van der Waals surface area contributed by atoms with Crippen LogP contribution in [0, 0.1) is 5.92 Å². The van der Waals surface area contributed by atoms with E-state index >= 15 is 0 Å². The second-order valence-corrected chi connectivity index (χ2v) is 10.6. The molecular weight excluding hydrogens is 442 g/mol. The first-order valence-corrected chi connectivity index (χ1v) is 12.4. The van der Waals surface area contributed by atoms with E-state index in [0.717, 1.165) is 23.6 Å². The zero-order valence-corrected chi connectivity index (χ0v) is 20.1. The number of nitrogens with zero attached hydrogens (tertiary/aromatic N) is 2. The summed E-state index contributed by atoms with van der Waals surface area (Å²) in [5.74, 6) is 0.102. The van der Waals surface area contributed by atoms with E-state index in [0.29, 0.717) is 37.3 Å². The van der Waals surface area contributed by atoms with E-state index in [2.05, 4.69) is 5.32 Å². The Bertz CT molecular complexity index is 1070. The standard InChI is InChI=1S/C24H31N3O5S/c1-24(2,3)32-23(29)26-14-12-17(13-15-26)27(33(30)31)21-11-10-20(25-22(28)16-8-9-16)18-6-4-5-7-19(18)21/h4-7,10-11,16-17H,8-9,12-15H2,1-3H3,(H,25,28)(H,30,31). The Morgan fingerprint density at radius 3 is 2.27 bits per heavy atom. The fourth-order valence-electron chi connectivity index (χ4n) is 4.18. The number of rotatable bonds is 5. The van der Waals surface area contributed by atoms with Gasteiger partial charge in [0.2, 0.25) is 5.91 Å². The normalized spacial score (nSPS) is 18.1. The summed E-state index contributed by atoms with van der Waals surface area (Å²) in [5, 5.41) is 4.62. The molecule has 0 aromatic heterocycles. The van der Waals surface area contributed by atoms with Crippen molar-refractivity contribution in [3.63, 3.8) is 0 Å². The van der Waals surface area contributed by atoms with Crippen LogP contribution in [0.4, 0.5) is 16.2 Å². The number of likely N-dealkylation sites (tertiary alicyclic amines) is 1. The number of nitrogens with one attached hydrogen (secondary N) is 1. The number of anilines is 2. The van der Waals surface area contributed by atoms with E-state index in [-0.39, 0.29) is 24.0 Å². The maximum atomic E-state index is 12.5. The molecule has 1 saturated carbocycles. The van der Waals surface area contributed by atoms with Crippen LogP contribution >= 0.6 is 0 Å². The molecule has 2 aromatic rings. The quantitative estimate of drug-likeness (QED) is 0.622. The lowest BCUT2D eigenvalue weighted by atomic mass is 10.0. The molecule has 8 nitrogen and oxygen atoms in total. The van der Waals surface area contributed by atoms with E-state index in [1.54, 1.807) is 17.0 Å².